The van der Waals surface area contributed by atoms with Crippen molar-refractivity contribution in [3.05, 3.63) is 48.6 Å². The van der Waals surface area contributed by atoms with Gasteiger partial charge in [0.25, 0.3) is 0 Å². The van der Waals surface area contributed by atoms with E-state index in [4.69, 9.17) is 14.2 Å². The average molecular weight is 926 g/mol. The lowest BCUT2D eigenvalue weighted by Gasteiger charge is -2.18. The Hall–Kier alpha value is -2.63. The molecular weight excluding hydrogens is 817 g/mol. The van der Waals surface area contributed by atoms with Gasteiger partial charge in [0.05, 0.1) is 0 Å². The number of carbonyl (C=O) groups is 3. The molecule has 1 atom stereocenters. The first kappa shape index (κ1) is 63.4. The monoisotopic (exact) mass is 925 g/mol. The SMILES string of the molecule is CC/C=C\C/C=C\C/C=C\C/C=C\CCC(=O)OC(COC(=O)CCCCCCC)COC(=O)CCCCCCCCCCCCCCCCCCCCCCCCCCCCCCCC. The van der Waals surface area contributed by atoms with E-state index in [2.05, 4.69) is 57.2 Å². The smallest absolute Gasteiger partial charge is 0.306 e. The summed E-state index contributed by atoms with van der Waals surface area (Å²) < 4.78 is 16.6. The molecule has 0 radical (unpaired) electrons. The molecule has 66 heavy (non-hydrogen) atoms. The number of rotatable bonds is 52. The molecule has 0 aromatic carbocycles. The van der Waals surface area contributed by atoms with Crippen LogP contribution < -0.4 is 0 Å². The summed E-state index contributed by atoms with van der Waals surface area (Å²) in [5.74, 6) is -0.988. The van der Waals surface area contributed by atoms with E-state index >= 15 is 0 Å². The molecule has 0 aromatic rings. The third kappa shape index (κ3) is 52.3. The molecule has 0 N–H and O–H groups in total. The van der Waals surface area contributed by atoms with E-state index in [0.717, 1.165) is 70.6 Å². The maximum atomic E-state index is 12.7. The van der Waals surface area contributed by atoms with Gasteiger partial charge < -0.3 is 14.2 Å². The van der Waals surface area contributed by atoms with Crippen LogP contribution in [0.5, 0.6) is 0 Å². The van der Waals surface area contributed by atoms with Gasteiger partial charge in [0.2, 0.25) is 0 Å². The zero-order chi connectivity index (χ0) is 47.9. The van der Waals surface area contributed by atoms with Crippen LogP contribution in [-0.4, -0.2) is 37.2 Å². The summed E-state index contributed by atoms with van der Waals surface area (Å²) in [7, 11) is 0. The lowest BCUT2D eigenvalue weighted by atomic mass is 10.0. The minimum absolute atomic E-state index is 0.0993. The summed E-state index contributed by atoms with van der Waals surface area (Å²) in [6, 6.07) is 0. The minimum Gasteiger partial charge on any atom is -0.462 e. The van der Waals surface area contributed by atoms with Crippen LogP contribution in [0.15, 0.2) is 48.6 Å². The van der Waals surface area contributed by atoms with Gasteiger partial charge in [-0.25, -0.2) is 0 Å². The predicted octanol–water partition coefficient (Wildman–Crippen LogP) is 19.0. The van der Waals surface area contributed by atoms with Crippen LogP contribution in [0, 0.1) is 0 Å². The Morgan fingerprint density at radius 1 is 0.318 bits per heavy atom. The highest BCUT2D eigenvalue weighted by Gasteiger charge is 2.19. The highest BCUT2D eigenvalue weighted by Crippen LogP contribution is 2.17. The van der Waals surface area contributed by atoms with Gasteiger partial charge in [0.1, 0.15) is 13.2 Å². The number of carbonyl (C=O) groups excluding carboxylic acids is 3. The van der Waals surface area contributed by atoms with Crippen molar-refractivity contribution in [3.8, 4) is 0 Å². The van der Waals surface area contributed by atoms with E-state index in [-0.39, 0.29) is 37.5 Å². The number of unbranched alkanes of at least 4 members (excludes halogenated alkanes) is 33. The standard InChI is InChI=1S/C60H108O6/c1-4-7-10-13-15-17-19-21-22-23-24-25-26-27-28-29-30-31-32-33-34-35-36-37-39-40-42-44-47-50-53-59(62)65-56-57(55-64-58(61)52-49-46-12-9-6-3)66-60(63)54-51-48-45-43-41-38-20-18-16-14-11-8-5-2/h8,11,16,18,38,41,45,48,57H,4-7,9-10,12-15,17,19-37,39-40,42-44,46-47,49-56H2,1-3H3/b11-8-,18-16-,41-38-,48-45-. The van der Waals surface area contributed by atoms with Crippen molar-refractivity contribution in [2.75, 3.05) is 13.2 Å². The average Bonchev–Trinajstić information content (AvgIpc) is 3.31. The van der Waals surface area contributed by atoms with E-state index in [0.29, 0.717) is 19.3 Å². The molecule has 0 aliphatic heterocycles. The van der Waals surface area contributed by atoms with Crippen LogP contribution in [0.4, 0.5) is 0 Å². The van der Waals surface area contributed by atoms with E-state index in [1.165, 1.54) is 180 Å². The molecule has 0 amide bonds. The fourth-order valence-electron chi connectivity index (χ4n) is 8.34. The first-order chi connectivity index (χ1) is 32.5. The van der Waals surface area contributed by atoms with Gasteiger partial charge in [-0.05, 0) is 44.9 Å². The molecule has 0 saturated heterocycles. The normalized spacial score (nSPS) is 12.3. The van der Waals surface area contributed by atoms with Crippen molar-refractivity contribution >= 4 is 17.9 Å². The number of allylic oxidation sites excluding steroid dienone is 8. The minimum atomic E-state index is -0.804. The van der Waals surface area contributed by atoms with Gasteiger partial charge in [-0.15, -0.1) is 0 Å². The number of ether oxygens (including phenoxy) is 3. The van der Waals surface area contributed by atoms with Crippen molar-refractivity contribution in [2.45, 2.75) is 303 Å². The van der Waals surface area contributed by atoms with Gasteiger partial charge >= 0.3 is 17.9 Å². The van der Waals surface area contributed by atoms with Crippen LogP contribution in [0.3, 0.4) is 0 Å². The first-order valence-electron chi connectivity index (χ1n) is 28.6. The van der Waals surface area contributed by atoms with E-state index in [1.807, 2.05) is 12.2 Å². The molecule has 0 rings (SSSR count). The second-order valence-electron chi connectivity index (χ2n) is 19.2. The Balaban J connectivity index is 3.94. The van der Waals surface area contributed by atoms with E-state index in [9.17, 15) is 14.4 Å². The Bertz CT molecular complexity index is 1150. The van der Waals surface area contributed by atoms with E-state index < -0.39 is 6.10 Å². The van der Waals surface area contributed by atoms with Gasteiger partial charge in [-0.3, -0.25) is 14.4 Å². The maximum absolute atomic E-state index is 12.7. The van der Waals surface area contributed by atoms with Crippen LogP contribution in [0.1, 0.15) is 297 Å². The highest BCUT2D eigenvalue weighted by atomic mass is 16.6. The predicted molar refractivity (Wildman–Crippen MR) is 284 cm³/mol. The molecule has 0 aliphatic rings. The van der Waals surface area contributed by atoms with Crippen molar-refractivity contribution in [1.29, 1.82) is 0 Å². The van der Waals surface area contributed by atoms with Crippen molar-refractivity contribution in [3.63, 3.8) is 0 Å². The Morgan fingerprint density at radius 2 is 0.591 bits per heavy atom. The van der Waals surface area contributed by atoms with Gasteiger partial charge in [-0.1, -0.05) is 281 Å². The fraction of sp³-hybridized carbons (Fsp3) is 0.817. The molecule has 0 saturated carbocycles. The lowest BCUT2D eigenvalue weighted by molar-refractivity contribution is -0.166. The molecule has 0 spiro atoms. The summed E-state index contributed by atoms with van der Waals surface area (Å²) in [6.45, 7) is 6.40. The fourth-order valence-corrected chi connectivity index (χ4v) is 8.34. The van der Waals surface area contributed by atoms with Crippen molar-refractivity contribution < 1.29 is 28.6 Å². The molecule has 1 unspecified atom stereocenters. The van der Waals surface area contributed by atoms with Crippen LogP contribution in [-0.2, 0) is 28.6 Å². The number of hydrogen-bond acceptors (Lipinski definition) is 6. The van der Waals surface area contributed by atoms with Gasteiger partial charge in [0, 0.05) is 19.3 Å². The molecule has 0 fully saturated rings. The maximum Gasteiger partial charge on any atom is 0.306 e. The zero-order valence-electron chi connectivity index (χ0n) is 44.0. The summed E-state index contributed by atoms with van der Waals surface area (Å²) in [5.41, 5.74) is 0. The molecule has 6 heteroatoms. The van der Waals surface area contributed by atoms with Crippen molar-refractivity contribution in [1.82, 2.24) is 0 Å². The Kier molecular flexibility index (Phi) is 52.8. The molecular formula is C60H108O6. The molecule has 0 aromatic heterocycles. The second kappa shape index (κ2) is 55.0. The lowest BCUT2D eigenvalue weighted by Crippen LogP contribution is -2.30. The number of hydrogen-bond donors (Lipinski definition) is 0. The summed E-state index contributed by atoms with van der Waals surface area (Å²) in [4.78, 5) is 37.6. The van der Waals surface area contributed by atoms with Crippen LogP contribution in [0.25, 0.3) is 0 Å². The third-order valence-corrected chi connectivity index (χ3v) is 12.6. The topological polar surface area (TPSA) is 78.9 Å². The second-order valence-corrected chi connectivity index (χ2v) is 19.2. The summed E-state index contributed by atoms with van der Waals surface area (Å²) >= 11 is 0. The molecule has 384 valence electrons. The summed E-state index contributed by atoms with van der Waals surface area (Å²) in [6.07, 6.45) is 67.7. The molecule has 0 heterocycles. The molecule has 0 aliphatic carbocycles. The Morgan fingerprint density at radius 3 is 0.894 bits per heavy atom. The quantitative estimate of drug-likeness (QED) is 0.0262. The first-order valence-corrected chi connectivity index (χ1v) is 28.6. The van der Waals surface area contributed by atoms with Crippen molar-refractivity contribution in [2.24, 2.45) is 0 Å². The highest BCUT2D eigenvalue weighted by molar-refractivity contribution is 5.71. The number of esters is 3. The molecule has 0 bridgehead atoms. The van der Waals surface area contributed by atoms with E-state index in [1.54, 1.807) is 0 Å². The largest absolute Gasteiger partial charge is 0.462 e. The molecule has 6 nitrogen and oxygen atoms in total. The van der Waals surface area contributed by atoms with Crippen LogP contribution in [0.2, 0.25) is 0 Å². The summed E-state index contributed by atoms with van der Waals surface area (Å²) in [5, 5.41) is 0. The zero-order valence-corrected chi connectivity index (χ0v) is 44.0. The van der Waals surface area contributed by atoms with Crippen LogP contribution >= 0.6 is 0 Å². The van der Waals surface area contributed by atoms with Gasteiger partial charge in [-0.2, -0.15) is 0 Å². The third-order valence-electron chi connectivity index (χ3n) is 12.6. The Labute approximate surface area is 409 Å². The van der Waals surface area contributed by atoms with Gasteiger partial charge in [0.15, 0.2) is 6.10 Å².